The average molecular weight is 633 g/mol. The molecule has 2 fully saturated rings. The zero-order valence-corrected chi connectivity index (χ0v) is 26.7. The molecule has 0 N–H and O–H groups in total. The molecule has 0 spiro atoms. The van der Waals surface area contributed by atoms with Crippen molar-refractivity contribution in [1.29, 1.82) is 0 Å². The first kappa shape index (κ1) is 33.1. The number of carbonyl (C=O) groups is 4. The Morgan fingerprint density at radius 3 is 1.17 bits per heavy atom. The summed E-state index contributed by atoms with van der Waals surface area (Å²) in [5.74, 6) is -3.53. The maximum absolute atomic E-state index is 13.4. The van der Waals surface area contributed by atoms with Crippen LogP contribution in [0.2, 0.25) is 0 Å². The number of methoxy groups -OCH3 is 4. The summed E-state index contributed by atoms with van der Waals surface area (Å²) in [6.45, 7) is 0.963. The second-order valence-corrected chi connectivity index (χ2v) is 12.1. The van der Waals surface area contributed by atoms with Gasteiger partial charge in [0.15, 0.2) is 10.8 Å². The van der Waals surface area contributed by atoms with E-state index in [1.807, 2.05) is 60.7 Å². The van der Waals surface area contributed by atoms with Gasteiger partial charge in [0, 0.05) is 0 Å². The van der Waals surface area contributed by atoms with Crippen LogP contribution in [0.5, 0.6) is 0 Å². The van der Waals surface area contributed by atoms with Crippen LogP contribution in [0.25, 0.3) is 0 Å². The lowest BCUT2D eigenvalue weighted by Gasteiger charge is -2.33. The van der Waals surface area contributed by atoms with Crippen LogP contribution < -0.4 is 0 Å². The van der Waals surface area contributed by atoms with Crippen LogP contribution in [-0.2, 0) is 60.8 Å². The lowest BCUT2D eigenvalue weighted by atomic mass is 9.73. The Labute approximate surface area is 268 Å². The zero-order valence-electron chi connectivity index (χ0n) is 26.7. The Hall–Kier alpha value is -4.28. The van der Waals surface area contributed by atoms with Gasteiger partial charge in [0.05, 0.1) is 54.9 Å². The summed E-state index contributed by atoms with van der Waals surface area (Å²) in [6, 6.07) is 19.5. The fourth-order valence-corrected chi connectivity index (χ4v) is 7.49. The highest BCUT2D eigenvalue weighted by Gasteiger charge is 2.64. The molecule has 0 aliphatic heterocycles. The fraction of sp³-hybridized carbons (Fsp3) is 0.444. The van der Waals surface area contributed by atoms with Crippen LogP contribution in [0.1, 0.15) is 36.8 Å². The lowest BCUT2D eigenvalue weighted by Crippen LogP contribution is -2.40. The molecule has 10 heteroatoms. The van der Waals surface area contributed by atoms with Gasteiger partial charge in [-0.3, -0.25) is 19.2 Å². The Bertz CT molecular complexity index is 1380. The predicted molar refractivity (Wildman–Crippen MR) is 165 cm³/mol. The van der Waals surface area contributed by atoms with Gasteiger partial charge in [0.1, 0.15) is 0 Å². The SMILES string of the molecule is COC(=O)C1(C(=O)OC)CC2=C(COCc3ccccc3)C(COCc3ccccc3)=C3CC(C(=O)OC)(C(=O)OC)C[C@@H]3[C@H]2C1. The van der Waals surface area contributed by atoms with E-state index in [2.05, 4.69) is 0 Å². The molecule has 0 unspecified atom stereocenters. The van der Waals surface area contributed by atoms with Gasteiger partial charge in [-0.05, 0) is 59.8 Å². The van der Waals surface area contributed by atoms with E-state index in [1.54, 1.807) is 0 Å². The second-order valence-electron chi connectivity index (χ2n) is 12.1. The molecule has 2 saturated carbocycles. The number of fused-ring (bicyclic) bond motifs is 3. The number of benzene rings is 2. The van der Waals surface area contributed by atoms with Crippen molar-refractivity contribution in [3.05, 3.63) is 94.1 Å². The third-order valence-electron chi connectivity index (χ3n) is 9.66. The molecule has 0 radical (unpaired) electrons. The summed E-state index contributed by atoms with van der Waals surface area (Å²) < 4.78 is 33.2. The van der Waals surface area contributed by atoms with Gasteiger partial charge in [-0.15, -0.1) is 0 Å². The molecule has 5 rings (SSSR count). The number of hydrogen-bond acceptors (Lipinski definition) is 10. The summed E-state index contributed by atoms with van der Waals surface area (Å²) >= 11 is 0. The molecule has 0 amide bonds. The Morgan fingerprint density at radius 1 is 0.543 bits per heavy atom. The van der Waals surface area contributed by atoms with Crippen molar-refractivity contribution in [2.24, 2.45) is 22.7 Å². The van der Waals surface area contributed by atoms with Gasteiger partial charge >= 0.3 is 23.9 Å². The van der Waals surface area contributed by atoms with Crippen molar-refractivity contribution in [2.45, 2.75) is 38.9 Å². The lowest BCUT2D eigenvalue weighted by molar-refractivity contribution is -0.171. The van der Waals surface area contributed by atoms with Crippen LogP contribution in [0.4, 0.5) is 0 Å². The third-order valence-corrected chi connectivity index (χ3v) is 9.66. The molecule has 3 aliphatic carbocycles. The standard InChI is InChI=1S/C36H40O10/c1-41-31(37)35(32(38)42-2)15-25-26-16-36(33(39)43-3,34(40)44-4)18-28(26)30(22-46-20-24-13-9-6-10-14-24)29(27(25)17-35)21-45-19-23-11-7-5-8-12-23/h5-14,25-26H,15-22H2,1-4H3/t25-,26-/m1/s1. The van der Waals surface area contributed by atoms with Crippen LogP contribution >= 0.6 is 0 Å². The van der Waals surface area contributed by atoms with Crippen molar-refractivity contribution in [3.8, 4) is 0 Å². The first-order valence-electron chi connectivity index (χ1n) is 15.3. The minimum absolute atomic E-state index is 0.0520. The summed E-state index contributed by atoms with van der Waals surface area (Å²) in [5.41, 5.74) is 2.02. The molecule has 2 atom stereocenters. The van der Waals surface area contributed by atoms with E-state index in [4.69, 9.17) is 28.4 Å². The van der Waals surface area contributed by atoms with E-state index < -0.39 is 34.7 Å². The van der Waals surface area contributed by atoms with Gasteiger partial charge in [-0.25, -0.2) is 0 Å². The summed E-state index contributed by atoms with van der Waals surface area (Å²) in [7, 11) is 4.98. The Morgan fingerprint density at radius 2 is 0.870 bits per heavy atom. The summed E-state index contributed by atoms with van der Waals surface area (Å²) in [4.78, 5) is 53.4. The van der Waals surface area contributed by atoms with Crippen molar-refractivity contribution in [2.75, 3.05) is 41.7 Å². The first-order chi connectivity index (χ1) is 22.2. The van der Waals surface area contributed by atoms with E-state index in [0.29, 0.717) is 13.2 Å². The largest absolute Gasteiger partial charge is 0.468 e. The normalized spacial score (nSPS) is 20.9. The number of ether oxygens (including phenoxy) is 6. The van der Waals surface area contributed by atoms with E-state index >= 15 is 0 Å². The van der Waals surface area contributed by atoms with E-state index in [-0.39, 0.29) is 50.7 Å². The average Bonchev–Trinajstić information content (AvgIpc) is 3.70. The van der Waals surface area contributed by atoms with Gasteiger partial charge in [-0.1, -0.05) is 71.8 Å². The predicted octanol–water partition coefficient (Wildman–Crippen LogP) is 4.51. The monoisotopic (exact) mass is 632 g/mol. The minimum atomic E-state index is -1.60. The van der Waals surface area contributed by atoms with Crippen LogP contribution in [0, 0.1) is 22.7 Å². The quantitative estimate of drug-likeness (QED) is 0.188. The van der Waals surface area contributed by atoms with Crippen LogP contribution in [-0.4, -0.2) is 65.5 Å². The zero-order chi connectivity index (χ0) is 32.9. The number of allylic oxidation sites excluding steroid dienone is 2. The molecule has 0 heterocycles. The molecule has 10 nitrogen and oxygen atoms in total. The smallest absolute Gasteiger partial charge is 0.323 e. The highest BCUT2D eigenvalue weighted by molar-refractivity contribution is 6.02. The van der Waals surface area contributed by atoms with E-state index in [0.717, 1.165) is 33.4 Å². The maximum Gasteiger partial charge on any atom is 0.323 e. The second kappa shape index (κ2) is 14.0. The molecule has 0 saturated heterocycles. The highest BCUT2D eigenvalue weighted by Crippen LogP contribution is 2.62. The Kier molecular flexibility index (Phi) is 10.1. The Balaban J connectivity index is 1.62. The number of hydrogen-bond donors (Lipinski definition) is 0. The van der Waals surface area contributed by atoms with Crippen molar-refractivity contribution in [1.82, 2.24) is 0 Å². The molecule has 0 aromatic heterocycles. The van der Waals surface area contributed by atoms with Crippen LogP contribution in [0.15, 0.2) is 83.0 Å². The molecule has 3 aliphatic rings. The molecule has 0 bridgehead atoms. The molecule has 2 aromatic carbocycles. The van der Waals surface area contributed by atoms with Crippen LogP contribution in [0.3, 0.4) is 0 Å². The molecule has 2 aromatic rings. The topological polar surface area (TPSA) is 124 Å². The minimum Gasteiger partial charge on any atom is -0.468 e. The summed E-state index contributed by atoms with van der Waals surface area (Å²) in [5, 5.41) is 0. The van der Waals surface area contributed by atoms with Gasteiger partial charge in [0.2, 0.25) is 0 Å². The molecule has 46 heavy (non-hydrogen) atoms. The van der Waals surface area contributed by atoms with Gasteiger partial charge in [-0.2, -0.15) is 0 Å². The van der Waals surface area contributed by atoms with Crippen molar-refractivity contribution < 1.29 is 47.6 Å². The summed E-state index contributed by atoms with van der Waals surface area (Å²) in [6.07, 6.45) is 0.288. The van der Waals surface area contributed by atoms with Gasteiger partial charge in [0.25, 0.3) is 0 Å². The first-order valence-corrected chi connectivity index (χ1v) is 15.3. The van der Waals surface area contributed by atoms with Gasteiger partial charge < -0.3 is 28.4 Å². The van der Waals surface area contributed by atoms with Crippen molar-refractivity contribution >= 4 is 23.9 Å². The van der Waals surface area contributed by atoms with E-state index in [1.165, 1.54) is 28.4 Å². The number of esters is 4. The fourth-order valence-electron chi connectivity index (χ4n) is 7.49. The third kappa shape index (κ3) is 5.99. The molecular weight excluding hydrogens is 592 g/mol. The van der Waals surface area contributed by atoms with E-state index in [9.17, 15) is 19.2 Å². The number of carbonyl (C=O) groups excluding carboxylic acids is 4. The maximum atomic E-state index is 13.4. The highest BCUT2D eigenvalue weighted by atomic mass is 16.6. The number of rotatable bonds is 12. The molecular formula is C36H40O10. The molecule has 244 valence electrons. The van der Waals surface area contributed by atoms with Crippen molar-refractivity contribution in [3.63, 3.8) is 0 Å².